The molecule has 0 radical (unpaired) electrons. The molecule has 2 aromatic rings. The van der Waals surface area contributed by atoms with Crippen LogP contribution in [0.4, 0.5) is 0 Å². The van der Waals surface area contributed by atoms with Crippen molar-refractivity contribution in [1.29, 1.82) is 0 Å². The topological polar surface area (TPSA) is 53.5 Å². The molecule has 2 aromatic carbocycles. The van der Waals surface area contributed by atoms with Crippen LogP contribution >= 0.6 is 0 Å². The van der Waals surface area contributed by atoms with Crippen molar-refractivity contribution in [2.45, 2.75) is 75.8 Å². The summed E-state index contributed by atoms with van der Waals surface area (Å²) in [5.41, 5.74) is 5.79. The summed E-state index contributed by atoms with van der Waals surface area (Å²) in [4.78, 5) is 17.0. The third kappa shape index (κ3) is 5.20. The Morgan fingerprint density at radius 1 is 0.919 bits per heavy atom. The van der Waals surface area contributed by atoms with E-state index in [1.165, 1.54) is 54.4 Å². The number of aryl methyl sites for hydroxylation is 1. The number of carbonyl (C=O) groups is 1. The van der Waals surface area contributed by atoms with Crippen molar-refractivity contribution in [2.24, 2.45) is 11.8 Å². The lowest BCUT2D eigenvalue weighted by Crippen LogP contribution is -3.00. The van der Waals surface area contributed by atoms with Crippen LogP contribution in [0.15, 0.2) is 48.5 Å². The van der Waals surface area contributed by atoms with Crippen LogP contribution < -0.4 is 35.4 Å². The quantitative estimate of drug-likeness (QED) is 0.422. The first kappa shape index (κ1) is 28.4. The largest absolute Gasteiger partial charge is 1.00 e. The summed E-state index contributed by atoms with van der Waals surface area (Å²) in [5.74, 6) is 1.82. The standard InChI is InChI=1S/C31H41N3O.2ClH/c1-22-9-8-14-27-26(22)18-32-20-31(27)21-33-19-28(31)30(35)34-16-15-25(23-10-4-2-5-11-23)17-29(34)24-12-6-3-7-13-24;;/h2,4-5,8-11,14,24-25,28-29,32-33H,3,6-7,12-13,15-21H2,1H3;2*1H/t25-,28+,29+,31+;;/m1../s1. The number of quaternary nitrogens is 2. The molecule has 1 spiro atoms. The summed E-state index contributed by atoms with van der Waals surface area (Å²) in [6, 6.07) is 18.3. The maximum atomic E-state index is 14.6. The fraction of sp³-hybridized carbons (Fsp3) is 0.581. The Morgan fingerprint density at radius 2 is 1.68 bits per heavy atom. The van der Waals surface area contributed by atoms with E-state index in [9.17, 15) is 4.79 Å². The molecule has 0 unspecified atom stereocenters. The number of fused-ring (bicyclic) bond motifs is 2. The Morgan fingerprint density at radius 3 is 2.46 bits per heavy atom. The van der Waals surface area contributed by atoms with Gasteiger partial charge in [-0.1, -0.05) is 67.8 Å². The Labute approximate surface area is 235 Å². The summed E-state index contributed by atoms with van der Waals surface area (Å²) in [7, 11) is 0. The van der Waals surface area contributed by atoms with Crippen molar-refractivity contribution in [2.75, 3.05) is 26.2 Å². The number of nitrogens with zero attached hydrogens (tertiary/aromatic N) is 1. The second-order valence-electron chi connectivity index (χ2n) is 11.9. The van der Waals surface area contributed by atoms with Gasteiger partial charge in [0.25, 0.3) is 0 Å². The van der Waals surface area contributed by atoms with Crippen molar-refractivity contribution in [3.63, 3.8) is 0 Å². The molecule has 37 heavy (non-hydrogen) atoms. The maximum absolute atomic E-state index is 14.6. The minimum absolute atomic E-state index is 0. The first-order valence-corrected chi connectivity index (χ1v) is 14.2. The van der Waals surface area contributed by atoms with E-state index < -0.39 is 0 Å². The Balaban J connectivity index is 0.00000160. The molecule has 3 heterocycles. The van der Waals surface area contributed by atoms with Gasteiger partial charge in [-0.25, -0.2) is 0 Å². The molecule has 6 heteroatoms. The van der Waals surface area contributed by atoms with E-state index >= 15 is 0 Å². The van der Waals surface area contributed by atoms with Crippen LogP contribution in [-0.2, 0) is 16.8 Å². The van der Waals surface area contributed by atoms with Gasteiger partial charge in [-0.2, -0.15) is 0 Å². The van der Waals surface area contributed by atoms with Crippen LogP contribution in [0.5, 0.6) is 0 Å². The van der Waals surface area contributed by atoms with Gasteiger partial charge in [0.1, 0.15) is 17.9 Å². The van der Waals surface area contributed by atoms with E-state index in [4.69, 9.17) is 0 Å². The molecule has 3 fully saturated rings. The number of amides is 1. The van der Waals surface area contributed by atoms with Crippen molar-refractivity contribution in [3.8, 4) is 0 Å². The molecule has 0 aromatic heterocycles. The van der Waals surface area contributed by atoms with Crippen molar-refractivity contribution in [3.05, 3.63) is 70.8 Å². The van der Waals surface area contributed by atoms with Gasteiger partial charge in [0.2, 0.25) is 5.91 Å². The number of piperidine rings is 1. The first-order chi connectivity index (χ1) is 17.2. The smallest absolute Gasteiger partial charge is 0.233 e. The molecule has 1 amide bonds. The van der Waals surface area contributed by atoms with Crippen molar-refractivity contribution < 1.29 is 40.2 Å². The molecule has 1 saturated carbocycles. The molecular formula is C31H43Cl2N3O. The minimum atomic E-state index is -0.0237. The lowest BCUT2D eigenvalue weighted by atomic mass is 9.67. The molecule has 6 rings (SSSR count). The number of benzene rings is 2. The Bertz CT molecular complexity index is 1060. The highest BCUT2D eigenvalue weighted by Crippen LogP contribution is 2.43. The number of nitrogens with two attached hydrogens (primary N) is 2. The highest BCUT2D eigenvalue weighted by atomic mass is 35.5. The zero-order valence-electron chi connectivity index (χ0n) is 22.2. The second kappa shape index (κ2) is 12.1. The van der Waals surface area contributed by atoms with Crippen LogP contribution in [0.1, 0.15) is 73.1 Å². The summed E-state index contributed by atoms with van der Waals surface area (Å²) in [6.07, 6.45) is 8.88. The van der Waals surface area contributed by atoms with Crippen LogP contribution in [0.3, 0.4) is 0 Å². The molecule has 4 N–H and O–H groups in total. The SMILES string of the molecule is Cc1cccc2c1C[NH2+]C[C@]21C[NH2+]C[C@H]1C(=O)N1CC[C@@H](c2ccccc2)C[C@H]1C1CCCCC1.[Cl-].[Cl-]. The van der Waals surface area contributed by atoms with Crippen LogP contribution in [0, 0.1) is 18.8 Å². The van der Waals surface area contributed by atoms with Gasteiger partial charge in [0, 0.05) is 18.2 Å². The third-order valence-electron chi connectivity index (χ3n) is 10.1. The maximum Gasteiger partial charge on any atom is 0.233 e. The van der Waals surface area contributed by atoms with E-state index in [-0.39, 0.29) is 36.1 Å². The fourth-order valence-corrected chi connectivity index (χ4v) is 8.22. The zero-order chi connectivity index (χ0) is 23.8. The van der Waals surface area contributed by atoms with E-state index in [0.717, 1.165) is 45.6 Å². The molecule has 202 valence electrons. The van der Waals surface area contributed by atoms with E-state index in [0.29, 0.717) is 23.8 Å². The zero-order valence-corrected chi connectivity index (χ0v) is 23.7. The Hall–Kier alpha value is -1.59. The molecule has 4 aliphatic rings. The van der Waals surface area contributed by atoms with Crippen molar-refractivity contribution in [1.82, 2.24) is 4.90 Å². The normalized spacial score (nSPS) is 29.8. The van der Waals surface area contributed by atoms with Gasteiger partial charge in [-0.3, -0.25) is 4.79 Å². The lowest BCUT2D eigenvalue weighted by Gasteiger charge is -2.47. The van der Waals surface area contributed by atoms with Gasteiger partial charge in [0.15, 0.2) is 0 Å². The molecule has 4 atom stereocenters. The highest BCUT2D eigenvalue weighted by molar-refractivity contribution is 5.82. The van der Waals surface area contributed by atoms with Crippen LogP contribution in [0.25, 0.3) is 0 Å². The number of hydrogen-bond donors (Lipinski definition) is 2. The van der Waals surface area contributed by atoms with Crippen LogP contribution in [-0.4, -0.2) is 43.0 Å². The molecule has 1 aliphatic carbocycles. The minimum Gasteiger partial charge on any atom is -1.00 e. The monoisotopic (exact) mass is 543 g/mol. The highest BCUT2D eigenvalue weighted by Gasteiger charge is 2.57. The molecule has 4 nitrogen and oxygen atoms in total. The molecular weight excluding hydrogens is 501 g/mol. The van der Waals surface area contributed by atoms with Crippen LogP contribution in [0.2, 0.25) is 0 Å². The number of hydrogen-bond acceptors (Lipinski definition) is 1. The fourth-order valence-electron chi connectivity index (χ4n) is 8.22. The van der Waals surface area contributed by atoms with Gasteiger partial charge in [-0.05, 0) is 61.1 Å². The lowest BCUT2D eigenvalue weighted by molar-refractivity contribution is -0.691. The number of halogens is 2. The summed E-state index contributed by atoms with van der Waals surface area (Å²) >= 11 is 0. The van der Waals surface area contributed by atoms with E-state index in [1.807, 2.05) is 0 Å². The molecule has 0 bridgehead atoms. The molecule has 2 saturated heterocycles. The van der Waals surface area contributed by atoms with Gasteiger partial charge >= 0.3 is 0 Å². The van der Waals surface area contributed by atoms with E-state index in [2.05, 4.69) is 71.0 Å². The second-order valence-corrected chi connectivity index (χ2v) is 11.9. The predicted octanol–water partition coefficient (Wildman–Crippen LogP) is -3.13. The number of rotatable bonds is 3. The number of carbonyl (C=O) groups excluding carboxylic acids is 1. The first-order valence-electron chi connectivity index (χ1n) is 14.2. The number of likely N-dealkylation sites (tertiary alicyclic amines) is 1. The Kier molecular flexibility index (Phi) is 9.27. The molecule has 3 aliphatic heterocycles. The average molecular weight is 545 g/mol. The van der Waals surface area contributed by atoms with E-state index in [1.54, 1.807) is 0 Å². The summed E-state index contributed by atoms with van der Waals surface area (Å²) in [5, 5.41) is 4.90. The van der Waals surface area contributed by atoms with Gasteiger partial charge in [-0.15, -0.1) is 0 Å². The average Bonchev–Trinajstić information content (AvgIpc) is 3.33. The third-order valence-corrected chi connectivity index (χ3v) is 10.1. The predicted molar refractivity (Wildman–Crippen MR) is 139 cm³/mol. The van der Waals surface area contributed by atoms with Gasteiger partial charge in [0.05, 0.1) is 19.6 Å². The van der Waals surface area contributed by atoms with Gasteiger partial charge < -0.3 is 40.3 Å². The summed E-state index contributed by atoms with van der Waals surface area (Å²) < 4.78 is 0. The van der Waals surface area contributed by atoms with Crippen molar-refractivity contribution >= 4 is 5.91 Å². The summed E-state index contributed by atoms with van der Waals surface area (Å²) in [6.45, 7) is 7.26.